The number of aliphatic hydroxyl groups is 1. The Morgan fingerprint density at radius 3 is 2.11 bits per heavy atom. The molecule has 0 saturated heterocycles. The van der Waals surface area contributed by atoms with Gasteiger partial charge in [0.15, 0.2) is 0 Å². The van der Waals surface area contributed by atoms with Gasteiger partial charge in [0.25, 0.3) is 0 Å². The highest BCUT2D eigenvalue weighted by atomic mass is 16.5. The highest BCUT2D eigenvalue weighted by Crippen LogP contribution is 2.18. The van der Waals surface area contributed by atoms with Crippen molar-refractivity contribution in [3.8, 4) is 11.8 Å². The number of benzene rings is 2. The van der Waals surface area contributed by atoms with E-state index < -0.39 is 12.2 Å². The summed E-state index contributed by atoms with van der Waals surface area (Å²) in [6, 6.07) is 19.1. The van der Waals surface area contributed by atoms with Crippen LogP contribution in [0, 0.1) is 11.8 Å². The van der Waals surface area contributed by atoms with Crippen LogP contribution in [-0.2, 0) is 4.74 Å². The van der Waals surface area contributed by atoms with E-state index in [0.29, 0.717) is 0 Å². The Kier molecular flexibility index (Phi) is 4.74. The molecular weight excluding hydrogens is 236 g/mol. The molecule has 2 atom stereocenters. The summed E-state index contributed by atoms with van der Waals surface area (Å²) in [6.45, 7) is 0. The van der Waals surface area contributed by atoms with Crippen LogP contribution in [0.5, 0.6) is 0 Å². The molecule has 2 rings (SSSR count). The molecule has 0 aliphatic carbocycles. The van der Waals surface area contributed by atoms with E-state index in [2.05, 4.69) is 11.8 Å². The summed E-state index contributed by atoms with van der Waals surface area (Å²) >= 11 is 0. The van der Waals surface area contributed by atoms with E-state index in [0.717, 1.165) is 11.1 Å². The summed E-state index contributed by atoms with van der Waals surface area (Å²) < 4.78 is 5.26. The summed E-state index contributed by atoms with van der Waals surface area (Å²) in [4.78, 5) is 0. The lowest BCUT2D eigenvalue weighted by Crippen LogP contribution is -2.18. The lowest BCUT2D eigenvalue weighted by atomic mass is 10.0. The van der Waals surface area contributed by atoms with Gasteiger partial charge in [0.2, 0.25) is 0 Å². The summed E-state index contributed by atoms with van der Waals surface area (Å²) in [5.41, 5.74) is 1.71. The maximum atomic E-state index is 10.2. The minimum atomic E-state index is -0.748. The van der Waals surface area contributed by atoms with Crippen LogP contribution in [0.2, 0.25) is 0 Å². The molecule has 96 valence electrons. The summed E-state index contributed by atoms with van der Waals surface area (Å²) in [7, 11) is 1.55. The number of ether oxygens (including phenoxy) is 1. The van der Waals surface area contributed by atoms with Gasteiger partial charge in [0.05, 0.1) is 0 Å². The van der Waals surface area contributed by atoms with E-state index in [4.69, 9.17) is 4.74 Å². The molecule has 0 fully saturated rings. The van der Waals surface area contributed by atoms with Gasteiger partial charge in [0, 0.05) is 12.7 Å². The largest absolute Gasteiger partial charge is 0.385 e. The van der Waals surface area contributed by atoms with Crippen LogP contribution in [0.1, 0.15) is 17.2 Å². The first-order valence-electron chi connectivity index (χ1n) is 6.13. The molecular formula is C17H16O2. The Morgan fingerprint density at radius 1 is 0.947 bits per heavy atom. The molecule has 0 aliphatic heterocycles. The van der Waals surface area contributed by atoms with E-state index in [1.54, 1.807) is 7.11 Å². The molecule has 0 bridgehead atoms. The quantitative estimate of drug-likeness (QED) is 0.851. The van der Waals surface area contributed by atoms with Crippen molar-refractivity contribution >= 4 is 0 Å². The maximum absolute atomic E-state index is 10.2. The van der Waals surface area contributed by atoms with Gasteiger partial charge >= 0.3 is 0 Å². The monoisotopic (exact) mass is 252 g/mol. The van der Waals surface area contributed by atoms with Crippen molar-refractivity contribution < 1.29 is 9.84 Å². The third-order valence-electron chi connectivity index (χ3n) is 2.81. The molecule has 0 aromatic heterocycles. The van der Waals surface area contributed by atoms with Crippen LogP contribution >= 0.6 is 0 Å². The van der Waals surface area contributed by atoms with Gasteiger partial charge in [-0.05, 0) is 17.7 Å². The van der Waals surface area contributed by atoms with Crippen molar-refractivity contribution in [3.05, 3.63) is 71.8 Å². The molecule has 0 amide bonds. The van der Waals surface area contributed by atoms with Gasteiger partial charge in [0.1, 0.15) is 12.2 Å². The SMILES string of the molecule is COC(C#Cc1ccccc1)C(O)c1ccccc1. The normalized spacial score (nSPS) is 13.2. The molecule has 2 aromatic rings. The van der Waals surface area contributed by atoms with E-state index in [-0.39, 0.29) is 0 Å². The van der Waals surface area contributed by atoms with Crippen molar-refractivity contribution in [1.82, 2.24) is 0 Å². The third kappa shape index (κ3) is 3.69. The Bertz CT molecular complexity index is 552. The van der Waals surface area contributed by atoms with E-state index >= 15 is 0 Å². The summed E-state index contributed by atoms with van der Waals surface area (Å²) in [5, 5.41) is 10.2. The van der Waals surface area contributed by atoms with Crippen molar-refractivity contribution in [2.24, 2.45) is 0 Å². The number of hydrogen-bond donors (Lipinski definition) is 1. The molecule has 2 unspecified atom stereocenters. The third-order valence-corrected chi connectivity index (χ3v) is 2.81. The molecule has 0 aliphatic rings. The van der Waals surface area contributed by atoms with Crippen LogP contribution in [-0.4, -0.2) is 18.3 Å². The van der Waals surface area contributed by atoms with E-state index in [1.807, 2.05) is 60.7 Å². The fourth-order valence-electron chi connectivity index (χ4n) is 1.77. The number of hydrogen-bond acceptors (Lipinski definition) is 2. The first-order chi connectivity index (χ1) is 9.31. The van der Waals surface area contributed by atoms with Crippen LogP contribution in [0.4, 0.5) is 0 Å². The molecule has 2 heteroatoms. The second-order valence-corrected chi connectivity index (χ2v) is 4.15. The minimum Gasteiger partial charge on any atom is -0.385 e. The van der Waals surface area contributed by atoms with Crippen molar-refractivity contribution in [3.63, 3.8) is 0 Å². The van der Waals surface area contributed by atoms with Gasteiger partial charge < -0.3 is 9.84 Å². The maximum Gasteiger partial charge on any atom is 0.148 e. The second kappa shape index (κ2) is 6.75. The van der Waals surface area contributed by atoms with Crippen LogP contribution in [0.3, 0.4) is 0 Å². The van der Waals surface area contributed by atoms with E-state index in [9.17, 15) is 5.11 Å². The van der Waals surface area contributed by atoms with Crippen molar-refractivity contribution in [2.45, 2.75) is 12.2 Å². The van der Waals surface area contributed by atoms with Gasteiger partial charge in [-0.1, -0.05) is 60.4 Å². The predicted octanol–water partition coefficient (Wildman–Crippen LogP) is 2.79. The van der Waals surface area contributed by atoms with Crippen molar-refractivity contribution in [1.29, 1.82) is 0 Å². The average molecular weight is 252 g/mol. The molecule has 0 heterocycles. The fourth-order valence-corrected chi connectivity index (χ4v) is 1.77. The zero-order chi connectivity index (χ0) is 13.5. The number of rotatable bonds is 3. The minimum absolute atomic E-state index is 0.539. The van der Waals surface area contributed by atoms with Gasteiger partial charge in [-0.2, -0.15) is 0 Å². The van der Waals surface area contributed by atoms with Gasteiger partial charge in [-0.15, -0.1) is 0 Å². The first-order valence-corrected chi connectivity index (χ1v) is 6.13. The standard InChI is InChI=1S/C17H16O2/c1-19-16(13-12-14-8-4-2-5-9-14)17(18)15-10-6-3-7-11-15/h2-11,16-18H,1H3. The van der Waals surface area contributed by atoms with E-state index in [1.165, 1.54) is 0 Å². The summed E-state index contributed by atoms with van der Waals surface area (Å²) in [5.74, 6) is 5.97. The Hall–Kier alpha value is -2.08. The zero-order valence-corrected chi connectivity index (χ0v) is 10.8. The molecule has 1 N–H and O–H groups in total. The van der Waals surface area contributed by atoms with Gasteiger partial charge in [-0.25, -0.2) is 0 Å². The van der Waals surface area contributed by atoms with Crippen LogP contribution in [0.15, 0.2) is 60.7 Å². The number of methoxy groups -OCH3 is 1. The Morgan fingerprint density at radius 2 is 1.53 bits per heavy atom. The highest BCUT2D eigenvalue weighted by Gasteiger charge is 2.17. The van der Waals surface area contributed by atoms with Crippen molar-refractivity contribution in [2.75, 3.05) is 7.11 Å². The highest BCUT2D eigenvalue weighted by molar-refractivity contribution is 5.35. The molecule has 2 aromatic carbocycles. The average Bonchev–Trinajstić information content (AvgIpc) is 2.49. The number of aliphatic hydroxyl groups excluding tert-OH is 1. The van der Waals surface area contributed by atoms with Gasteiger partial charge in [-0.3, -0.25) is 0 Å². The van der Waals surface area contributed by atoms with Crippen LogP contribution < -0.4 is 0 Å². The zero-order valence-electron chi connectivity index (χ0n) is 10.8. The second-order valence-electron chi connectivity index (χ2n) is 4.15. The smallest absolute Gasteiger partial charge is 0.148 e. The summed E-state index contributed by atoms with van der Waals surface area (Å²) in [6.07, 6.45) is -1.29. The Balaban J connectivity index is 2.15. The first kappa shape index (κ1) is 13.4. The topological polar surface area (TPSA) is 29.5 Å². The Labute approximate surface area is 113 Å². The fraction of sp³-hybridized carbons (Fsp3) is 0.176. The molecule has 0 radical (unpaired) electrons. The molecule has 2 nitrogen and oxygen atoms in total. The lowest BCUT2D eigenvalue weighted by Gasteiger charge is -2.16. The molecule has 0 spiro atoms. The predicted molar refractivity (Wildman–Crippen MR) is 75.5 cm³/mol. The molecule has 19 heavy (non-hydrogen) atoms. The molecule has 0 saturated carbocycles. The lowest BCUT2D eigenvalue weighted by molar-refractivity contribution is 0.0218. The van der Waals surface area contributed by atoms with Crippen LogP contribution in [0.25, 0.3) is 0 Å².